The maximum absolute atomic E-state index is 7.37. The van der Waals surface area contributed by atoms with Gasteiger partial charge in [-0.1, -0.05) is 0 Å². The summed E-state index contributed by atoms with van der Waals surface area (Å²) in [5, 5.41) is 10.6. The fourth-order valence-corrected chi connectivity index (χ4v) is 2.20. The van der Waals surface area contributed by atoms with Crippen molar-refractivity contribution in [3.8, 4) is 0 Å². The van der Waals surface area contributed by atoms with Crippen LogP contribution in [-0.2, 0) is 0 Å². The molecule has 116 valence electrons. The Morgan fingerprint density at radius 1 is 1.35 bits per heavy atom. The van der Waals surface area contributed by atoms with Crippen molar-refractivity contribution in [3.05, 3.63) is 59.8 Å². The highest BCUT2D eigenvalue weighted by atomic mass is 15.4. The lowest BCUT2D eigenvalue weighted by atomic mass is 10.1. The third-order valence-electron chi connectivity index (χ3n) is 3.35. The van der Waals surface area contributed by atoms with Crippen LogP contribution in [0.2, 0.25) is 0 Å². The van der Waals surface area contributed by atoms with E-state index in [0.717, 1.165) is 28.0 Å². The minimum absolute atomic E-state index is 0.598. The van der Waals surface area contributed by atoms with Gasteiger partial charge in [0.15, 0.2) is 0 Å². The van der Waals surface area contributed by atoms with E-state index in [1.165, 1.54) is 12.4 Å². The topological polar surface area (TPSA) is 112 Å². The van der Waals surface area contributed by atoms with Crippen LogP contribution >= 0.6 is 0 Å². The van der Waals surface area contributed by atoms with Gasteiger partial charge in [-0.15, -0.1) is 0 Å². The van der Waals surface area contributed by atoms with E-state index >= 15 is 0 Å². The highest BCUT2D eigenvalue weighted by molar-refractivity contribution is 6.08. The first-order valence-corrected chi connectivity index (χ1v) is 7.06. The van der Waals surface area contributed by atoms with E-state index in [0.29, 0.717) is 11.4 Å². The first kappa shape index (κ1) is 14.6. The Morgan fingerprint density at radius 2 is 2.22 bits per heavy atom. The highest BCUT2D eigenvalue weighted by Crippen LogP contribution is 2.19. The second kappa shape index (κ2) is 6.18. The first-order valence-electron chi connectivity index (χ1n) is 7.06. The van der Waals surface area contributed by atoms with Crippen LogP contribution in [0.15, 0.2) is 54.3 Å². The molecule has 0 unspecified atom stereocenters. The van der Waals surface area contributed by atoms with Gasteiger partial charge in [0.2, 0.25) is 0 Å². The number of anilines is 1. The zero-order valence-corrected chi connectivity index (χ0v) is 12.6. The van der Waals surface area contributed by atoms with E-state index in [1.54, 1.807) is 6.20 Å². The van der Waals surface area contributed by atoms with Crippen molar-refractivity contribution < 1.29 is 0 Å². The minimum atomic E-state index is 0.598. The van der Waals surface area contributed by atoms with Gasteiger partial charge < -0.3 is 21.9 Å². The van der Waals surface area contributed by atoms with Crippen molar-refractivity contribution in [1.82, 2.24) is 20.8 Å². The number of hydrogen-bond acceptors (Lipinski definition) is 7. The number of hydrogen-bond donors (Lipinski definition) is 5. The molecule has 7 nitrogen and oxygen atoms in total. The molecular weight excluding hydrogens is 290 g/mol. The van der Waals surface area contributed by atoms with Crippen LogP contribution < -0.4 is 21.9 Å². The molecule has 6 N–H and O–H groups in total. The Labute approximate surface area is 133 Å². The fourth-order valence-electron chi connectivity index (χ4n) is 2.20. The molecule has 7 heteroatoms. The van der Waals surface area contributed by atoms with Crippen LogP contribution in [0, 0.1) is 5.41 Å². The van der Waals surface area contributed by atoms with Crippen LogP contribution in [-0.4, -0.2) is 16.2 Å². The smallest absolute Gasteiger partial charge is 0.132 e. The lowest BCUT2D eigenvalue weighted by Gasteiger charge is -2.17. The molecule has 0 spiro atoms. The van der Waals surface area contributed by atoms with Crippen LogP contribution in [0.3, 0.4) is 0 Å². The summed E-state index contributed by atoms with van der Waals surface area (Å²) in [7, 11) is 0. The van der Waals surface area contributed by atoms with E-state index in [9.17, 15) is 0 Å². The van der Waals surface area contributed by atoms with Gasteiger partial charge in [0.25, 0.3) is 0 Å². The van der Waals surface area contributed by atoms with Crippen molar-refractivity contribution in [2.45, 2.75) is 6.92 Å². The van der Waals surface area contributed by atoms with Crippen LogP contribution in [0.4, 0.5) is 5.82 Å². The summed E-state index contributed by atoms with van der Waals surface area (Å²) < 4.78 is 0. The molecule has 0 saturated carbocycles. The number of rotatable bonds is 4. The van der Waals surface area contributed by atoms with Gasteiger partial charge in [-0.25, -0.2) is 4.98 Å². The molecule has 3 rings (SSSR count). The van der Waals surface area contributed by atoms with Gasteiger partial charge in [-0.05, 0) is 36.8 Å². The zero-order valence-electron chi connectivity index (χ0n) is 12.6. The second-order valence-corrected chi connectivity index (χ2v) is 5.07. The average molecular weight is 307 g/mol. The molecule has 2 aromatic rings. The second-order valence-electron chi connectivity index (χ2n) is 5.07. The Hall–Kier alpha value is -3.35. The third-order valence-corrected chi connectivity index (χ3v) is 3.35. The lowest BCUT2D eigenvalue weighted by Crippen LogP contribution is -2.32. The number of nitrogens with zero attached hydrogens (tertiary/aromatic N) is 2. The molecule has 1 aliphatic rings. The monoisotopic (exact) mass is 307 g/mol. The molecule has 2 aromatic heterocycles. The number of allylic oxidation sites excluding steroid dienone is 3. The first-order chi connectivity index (χ1) is 11.2. The average Bonchev–Trinajstić information content (AvgIpc) is 2.56. The summed E-state index contributed by atoms with van der Waals surface area (Å²) >= 11 is 0. The van der Waals surface area contributed by atoms with Crippen LogP contribution in [0.25, 0.3) is 16.6 Å². The number of fused-ring (bicyclic) bond motifs is 1. The fraction of sp³-hybridized carbons (Fsp3) is 0.0625. The molecule has 0 fully saturated rings. The normalized spacial score (nSPS) is 14.4. The van der Waals surface area contributed by atoms with E-state index in [1.807, 2.05) is 37.4 Å². The Balaban J connectivity index is 1.94. The van der Waals surface area contributed by atoms with E-state index in [4.69, 9.17) is 11.1 Å². The van der Waals surface area contributed by atoms with E-state index < -0.39 is 0 Å². The number of hydrazine groups is 1. The van der Waals surface area contributed by atoms with E-state index in [2.05, 4.69) is 26.1 Å². The Bertz CT molecular complexity index is 849. The number of aromatic nitrogens is 2. The number of pyridine rings is 2. The standard InChI is InChI=1S/C16H17N7/c1-10-4-16(23-20-8-10)22-15-3-2-13-14(21-15)5-11(9-19-13)12(6-17)7-18/h2-9,17,20,23H,18H2,1H3,(H,21,22)/b12-7+,17-6?. The summed E-state index contributed by atoms with van der Waals surface area (Å²) in [6.45, 7) is 2.00. The van der Waals surface area contributed by atoms with Crippen molar-refractivity contribution in [2.24, 2.45) is 5.73 Å². The maximum atomic E-state index is 7.37. The summed E-state index contributed by atoms with van der Waals surface area (Å²) in [6, 6.07) is 5.62. The van der Waals surface area contributed by atoms with E-state index in [-0.39, 0.29) is 0 Å². The number of nitrogens with one attached hydrogen (secondary N) is 4. The Kier molecular flexibility index (Phi) is 3.92. The molecule has 1 aliphatic heterocycles. The molecule has 3 heterocycles. The maximum Gasteiger partial charge on any atom is 0.132 e. The van der Waals surface area contributed by atoms with Crippen molar-refractivity contribution in [3.63, 3.8) is 0 Å². The predicted octanol–water partition coefficient (Wildman–Crippen LogP) is 1.84. The van der Waals surface area contributed by atoms with Gasteiger partial charge in [0, 0.05) is 35.9 Å². The molecule has 0 saturated heterocycles. The molecule has 0 aromatic carbocycles. The van der Waals surface area contributed by atoms with Crippen molar-refractivity contribution >= 4 is 28.6 Å². The molecule has 0 radical (unpaired) electrons. The molecule has 0 bridgehead atoms. The summed E-state index contributed by atoms with van der Waals surface area (Å²) in [5.41, 5.74) is 15.4. The van der Waals surface area contributed by atoms with Gasteiger partial charge >= 0.3 is 0 Å². The summed E-state index contributed by atoms with van der Waals surface area (Å²) in [5.74, 6) is 1.50. The Morgan fingerprint density at radius 3 is 2.96 bits per heavy atom. The minimum Gasteiger partial charge on any atom is -0.404 e. The molecule has 23 heavy (non-hydrogen) atoms. The highest BCUT2D eigenvalue weighted by Gasteiger charge is 2.06. The largest absolute Gasteiger partial charge is 0.404 e. The number of nitrogens with two attached hydrogens (primary N) is 1. The van der Waals surface area contributed by atoms with Crippen molar-refractivity contribution in [2.75, 3.05) is 5.32 Å². The molecule has 0 atom stereocenters. The molecule has 0 aliphatic carbocycles. The van der Waals surface area contributed by atoms with Crippen LogP contribution in [0.1, 0.15) is 12.5 Å². The van der Waals surface area contributed by atoms with Crippen LogP contribution in [0.5, 0.6) is 0 Å². The predicted molar refractivity (Wildman–Crippen MR) is 92.2 cm³/mol. The van der Waals surface area contributed by atoms with Gasteiger partial charge in [-0.3, -0.25) is 10.4 Å². The third kappa shape index (κ3) is 3.13. The molecule has 0 amide bonds. The SMILES string of the molecule is CC1=CNNC(Nc2ccc3ncc(/C(C=N)=C/N)cc3n2)=C1. The zero-order chi connectivity index (χ0) is 16.2. The van der Waals surface area contributed by atoms with Gasteiger partial charge in [-0.2, -0.15) is 0 Å². The summed E-state index contributed by atoms with van der Waals surface area (Å²) in [4.78, 5) is 8.92. The van der Waals surface area contributed by atoms with Gasteiger partial charge in [0.05, 0.1) is 11.0 Å². The summed E-state index contributed by atoms with van der Waals surface area (Å²) in [6.07, 6.45) is 8.11. The van der Waals surface area contributed by atoms with Gasteiger partial charge in [0.1, 0.15) is 11.6 Å². The quantitative estimate of drug-likeness (QED) is 0.551. The van der Waals surface area contributed by atoms with Crippen molar-refractivity contribution in [1.29, 1.82) is 5.41 Å². The lowest BCUT2D eigenvalue weighted by molar-refractivity contribution is 0.714. The molecular formula is C16H17N7.